The topological polar surface area (TPSA) is 58.2 Å². The molecule has 2 aromatic carbocycles. The van der Waals surface area contributed by atoms with Crippen LogP contribution in [0.1, 0.15) is 54.2 Å². The van der Waals surface area contributed by atoms with Gasteiger partial charge in [0.15, 0.2) is 0 Å². The minimum Gasteiger partial charge on any atom is -0.347 e. The normalized spacial score (nSPS) is 17.0. The third-order valence-corrected chi connectivity index (χ3v) is 5.11. The number of amides is 2. The van der Waals surface area contributed by atoms with Crippen molar-refractivity contribution in [3.05, 3.63) is 70.8 Å². The maximum Gasteiger partial charge on any atom is 0.257 e. The molecule has 148 valence electrons. The van der Waals surface area contributed by atoms with Crippen molar-refractivity contribution < 1.29 is 18.4 Å². The Morgan fingerprint density at radius 2 is 1.71 bits per heavy atom. The highest BCUT2D eigenvalue weighted by Crippen LogP contribution is 2.29. The first kappa shape index (κ1) is 20.0. The Balaban J connectivity index is 1.76. The maximum absolute atomic E-state index is 13.9. The largest absolute Gasteiger partial charge is 0.347 e. The molecule has 2 N–H and O–H groups in total. The highest BCUT2D eigenvalue weighted by molar-refractivity contribution is 5.98. The van der Waals surface area contributed by atoms with Gasteiger partial charge in [-0.25, -0.2) is 8.78 Å². The van der Waals surface area contributed by atoms with Crippen LogP contribution in [0.3, 0.4) is 0 Å². The Morgan fingerprint density at radius 1 is 1.04 bits per heavy atom. The molecule has 0 fully saturated rings. The molecule has 0 aliphatic heterocycles. The standard InChI is InChI=1S/C22H24F2N2O2/c1-13(2)20(26-21(27)19-16(23)10-6-11-17(19)24)22(28)25-18-12-5-8-14-7-3-4-9-15(14)18/h3-4,6-7,9-11,13,18,20H,5,8,12H2,1-2H3,(H,25,28)(H,26,27)/t18-,20+/m0/s1. The Bertz CT molecular complexity index is 862. The molecule has 0 saturated heterocycles. The van der Waals surface area contributed by atoms with E-state index in [0.717, 1.165) is 37.0 Å². The van der Waals surface area contributed by atoms with Gasteiger partial charge in [-0.1, -0.05) is 44.2 Å². The van der Waals surface area contributed by atoms with E-state index in [2.05, 4.69) is 16.7 Å². The van der Waals surface area contributed by atoms with Crippen LogP contribution in [0, 0.1) is 17.6 Å². The Kier molecular flexibility index (Phi) is 6.07. The van der Waals surface area contributed by atoms with Gasteiger partial charge in [-0.15, -0.1) is 0 Å². The van der Waals surface area contributed by atoms with Gasteiger partial charge in [-0.2, -0.15) is 0 Å². The predicted molar refractivity (Wildman–Crippen MR) is 103 cm³/mol. The van der Waals surface area contributed by atoms with Crippen LogP contribution in [0.15, 0.2) is 42.5 Å². The first-order valence-electron chi connectivity index (χ1n) is 9.51. The zero-order valence-corrected chi connectivity index (χ0v) is 16.0. The van der Waals surface area contributed by atoms with Crippen LogP contribution < -0.4 is 10.6 Å². The van der Waals surface area contributed by atoms with Crippen molar-refractivity contribution in [2.24, 2.45) is 5.92 Å². The van der Waals surface area contributed by atoms with E-state index in [9.17, 15) is 18.4 Å². The molecule has 0 unspecified atom stereocenters. The maximum atomic E-state index is 13.9. The van der Waals surface area contributed by atoms with Crippen LogP contribution in [0.4, 0.5) is 8.78 Å². The van der Waals surface area contributed by atoms with E-state index < -0.39 is 29.1 Å². The zero-order valence-electron chi connectivity index (χ0n) is 16.0. The number of halogens is 2. The Hall–Kier alpha value is -2.76. The van der Waals surface area contributed by atoms with Crippen LogP contribution in [-0.2, 0) is 11.2 Å². The van der Waals surface area contributed by atoms with Gasteiger partial charge in [0, 0.05) is 0 Å². The second-order valence-electron chi connectivity index (χ2n) is 7.44. The third-order valence-electron chi connectivity index (χ3n) is 5.11. The van der Waals surface area contributed by atoms with Crippen molar-refractivity contribution in [2.75, 3.05) is 0 Å². The number of hydrogen-bond donors (Lipinski definition) is 2. The predicted octanol–water partition coefficient (Wildman–Crippen LogP) is 3.91. The number of carbonyl (C=O) groups excluding carboxylic acids is 2. The molecular weight excluding hydrogens is 362 g/mol. The van der Waals surface area contributed by atoms with Gasteiger partial charge in [0.25, 0.3) is 5.91 Å². The first-order valence-corrected chi connectivity index (χ1v) is 9.51. The minimum absolute atomic E-state index is 0.138. The summed E-state index contributed by atoms with van der Waals surface area (Å²) in [5.74, 6) is -3.46. The highest BCUT2D eigenvalue weighted by Gasteiger charge is 2.30. The number of rotatable bonds is 5. The lowest BCUT2D eigenvalue weighted by molar-refractivity contribution is -0.124. The number of benzene rings is 2. The fourth-order valence-electron chi connectivity index (χ4n) is 3.63. The average molecular weight is 386 g/mol. The molecule has 2 atom stereocenters. The summed E-state index contributed by atoms with van der Waals surface area (Å²) in [6, 6.07) is 10.1. The average Bonchev–Trinajstić information content (AvgIpc) is 2.66. The Morgan fingerprint density at radius 3 is 2.39 bits per heavy atom. The van der Waals surface area contributed by atoms with Crippen molar-refractivity contribution in [2.45, 2.75) is 45.2 Å². The first-order chi connectivity index (χ1) is 13.4. The molecule has 0 heterocycles. The molecule has 0 saturated carbocycles. The number of aryl methyl sites for hydroxylation is 1. The molecule has 0 aromatic heterocycles. The van der Waals surface area contributed by atoms with Crippen molar-refractivity contribution in [1.82, 2.24) is 10.6 Å². The number of carbonyl (C=O) groups is 2. The van der Waals surface area contributed by atoms with Crippen LogP contribution in [0.2, 0.25) is 0 Å². The van der Waals surface area contributed by atoms with Gasteiger partial charge in [0.1, 0.15) is 23.2 Å². The third kappa shape index (κ3) is 4.21. The highest BCUT2D eigenvalue weighted by atomic mass is 19.1. The summed E-state index contributed by atoms with van der Waals surface area (Å²) >= 11 is 0. The minimum atomic E-state index is -0.957. The molecule has 2 aromatic rings. The molecule has 0 spiro atoms. The van der Waals surface area contributed by atoms with Crippen molar-refractivity contribution in [1.29, 1.82) is 0 Å². The molecule has 1 aliphatic rings. The van der Waals surface area contributed by atoms with E-state index >= 15 is 0 Å². The van der Waals surface area contributed by atoms with Crippen molar-refractivity contribution in [3.63, 3.8) is 0 Å². The van der Waals surface area contributed by atoms with E-state index in [0.29, 0.717) is 0 Å². The SMILES string of the molecule is CC(C)[C@@H](NC(=O)c1c(F)cccc1F)C(=O)N[C@H]1CCCc2ccccc21. The van der Waals surface area contributed by atoms with E-state index in [1.54, 1.807) is 13.8 Å². The Labute approximate surface area is 163 Å². The molecule has 0 bridgehead atoms. The van der Waals surface area contributed by atoms with Crippen LogP contribution in [-0.4, -0.2) is 17.9 Å². The molecular formula is C22H24F2N2O2. The summed E-state index contributed by atoms with van der Waals surface area (Å²) < 4.78 is 27.8. The lowest BCUT2D eigenvalue weighted by Crippen LogP contribution is -2.51. The molecule has 0 radical (unpaired) electrons. The molecule has 3 rings (SSSR count). The smallest absolute Gasteiger partial charge is 0.257 e. The van der Waals surface area contributed by atoms with Crippen LogP contribution >= 0.6 is 0 Å². The van der Waals surface area contributed by atoms with Gasteiger partial charge in [0.05, 0.1) is 6.04 Å². The second kappa shape index (κ2) is 8.50. The monoisotopic (exact) mass is 386 g/mol. The fraction of sp³-hybridized carbons (Fsp3) is 0.364. The fourth-order valence-corrected chi connectivity index (χ4v) is 3.63. The zero-order chi connectivity index (χ0) is 20.3. The van der Waals surface area contributed by atoms with Gasteiger partial charge < -0.3 is 10.6 Å². The summed E-state index contributed by atoms with van der Waals surface area (Å²) in [7, 11) is 0. The van der Waals surface area contributed by atoms with Gasteiger partial charge in [-0.3, -0.25) is 9.59 Å². The van der Waals surface area contributed by atoms with E-state index in [-0.39, 0.29) is 17.9 Å². The van der Waals surface area contributed by atoms with Gasteiger partial charge in [0.2, 0.25) is 5.91 Å². The summed E-state index contributed by atoms with van der Waals surface area (Å²) in [6.45, 7) is 3.55. The summed E-state index contributed by atoms with van der Waals surface area (Å²) in [5, 5.41) is 5.50. The van der Waals surface area contributed by atoms with Crippen LogP contribution in [0.25, 0.3) is 0 Å². The molecule has 6 heteroatoms. The molecule has 4 nitrogen and oxygen atoms in total. The van der Waals surface area contributed by atoms with Gasteiger partial charge in [-0.05, 0) is 48.4 Å². The number of nitrogens with one attached hydrogen (secondary N) is 2. The van der Waals surface area contributed by atoms with Crippen molar-refractivity contribution in [3.8, 4) is 0 Å². The molecule has 2 amide bonds. The second-order valence-corrected chi connectivity index (χ2v) is 7.44. The lowest BCUT2D eigenvalue weighted by atomic mass is 9.87. The van der Waals surface area contributed by atoms with E-state index in [1.807, 2.05) is 18.2 Å². The van der Waals surface area contributed by atoms with Crippen molar-refractivity contribution >= 4 is 11.8 Å². The summed E-state index contributed by atoms with van der Waals surface area (Å²) in [4.78, 5) is 25.3. The quantitative estimate of drug-likeness (QED) is 0.819. The number of hydrogen-bond acceptors (Lipinski definition) is 2. The lowest BCUT2D eigenvalue weighted by Gasteiger charge is -2.29. The van der Waals surface area contributed by atoms with E-state index in [4.69, 9.17) is 0 Å². The number of fused-ring (bicyclic) bond motifs is 1. The van der Waals surface area contributed by atoms with E-state index in [1.165, 1.54) is 11.6 Å². The molecule has 28 heavy (non-hydrogen) atoms. The summed E-state index contributed by atoms with van der Waals surface area (Å²) in [5.41, 5.74) is 1.61. The van der Waals surface area contributed by atoms with Gasteiger partial charge >= 0.3 is 0 Å². The summed E-state index contributed by atoms with van der Waals surface area (Å²) in [6.07, 6.45) is 2.74. The molecule has 1 aliphatic carbocycles. The van der Waals surface area contributed by atoms with Crippen LogP contribution in [0.5, 0.6) is 0 Å².